The standard InChI is InChI=1S/C26H22ClN3O4/c1-16-12-20(22(32)13-21(16)31)25(33)30(15-17-6-4-3-5-7-17)19-10-8-18(9-11-19)24-23(34-2)14-28-26(27)29-24/h3-14,31-32H,15H2,1-2H3. The van der Waals surface area contributed by atoms with Gasteiger partial charge in [-0.25, -0.2) is 9.97 Å². The predicted octanol–water partition coefficient (Wildman–Crippen LogP) is 5.37. The van der Waals surface area contributed by atoms with Gasteiger partial charge in [-0.15, -0.1) is 0 Å². The first-order valence-electron chi connectivity index (χ1n) is 10.4. The van der Waals surface area contributed by atoms with Crippen LogP contribution in [-0.4, -0.2) is 33.2 Å². The topological polar surface area (TPSA) is 95.8 Å². The molecule has 0 unspecified atom stereocenters. The molecule has 2 N–H and O–H groups in total. The molecule has 34 heavy (non-hydrogen) atoms. The normalized spacial score (nSPS) is 10.7. The van der Waals surface area contributed by atoms with Crippen molar-refractivity contribution in [2.24, 2.45) is 0 Å². The molecule has 0 aliphatic rings. The van der Waals surface area contributed by atoms with E-state index in [4.69, 9.17) is 16.3 Å². The summed E-state index contributed by atoms with van der Waals surface area (Å²) in [5.74, 6) is -0.299. The van der Waals surface area contributed by atoms with Crippen molar-refractivity contribution >= 4 is 23.2 Å². The fourth-order valence-corrected chi connectivity index (χ4v) is 3.69. The van der Waals surface area contributed by atoms with Crippen LogP contribution in [0.15, 0.2) is 72.9 Å². The summed E-state index contributed by atoms with van der Waals surface area (Å²) in [5, 5.41) is 20.4. The van der Waals surface area contributed by atoms with Crippen LogP contribution in [0, 0.1) is 6.92 Å². The van der Waals surface area contributed by atoms with Crippen LogP contribution >= 0.6 is 11.6 Å². The summed E-state index contributed by atoms with van der Waals surface area (Å²) in [5.41, 5.74) is 3.38. The summed E-state index contributed by atoms with van der Waals surface area (Å²) in [7, 11) is 1.52. The highest BCUT2D eigenvalue weighted by molar-refractivity contribution is 6.28. The minimum Gasteiger partial charge on any atom is -0.508 e. The number of hydrogen-bond acceptors (Lipinski definition) is 6. The Kier molecular flexibility index (Phi) is 6.65. The number of rotatable bonds is 6. The number of carbonyl (C=O) groups excluding carboxylic acids is 1. The summed E-state index contributed by atoms with van der Waals surface area (Å²) in [6.07, 6.45) is 1.50. The maximum atomic E-state index is 13.6. The lowest BCUT2D eigenvalue weighted by Crippen LogP contribution is -2.30. The van der Waals surface area contributed by atoms with Crippen molar-refractivity contribution in [3.8, 4) is 28.5 Å². The number of methoxy groups -OCH3 is 1. The van der Waals surface area contributed by atoms with E-state index in [0.717, 1.165) is 11.1 Å². The number of phenolic OH excluding ortho intramolecular Hbond substituents is 2. The SMILES string of the molecule is COc1cnc(Cl)nc1-c1ccc(N(Cc2ccccc2)C(=O)c2cc(C)c(O)cc2O)cc1. The van der Waals surface area contributed by atoms with E-state index >= 15 is 0 Å². The quantitative estimate of drug-likeness (QED) is 0.364. The van der Waals surface area contributed by atoms with E-state index in [9.17, 15) is 15.0 Å². The minimum atomic E-state index is -0.403. The molecule has 1 amide bonds. The van der Waals surface area contributed by atoms with Gasteiger partial charge < -0.3 is 19.8 Å². The molecule has 1 aromatic heterocycles. The monoisotopic (exact) mass is 475 g/mol. The van der Waals surface area contributed by atoms with Crippen molar-refractivity contribution in [2.45, 2.75) is 13.5 Å². The molecule has 0 saturated carbocycles. The molecule has 0 saturated heterocycles. The van der Waals surface area contributed by atoms with E-state index in [1.165, 1.54) is 25.4 Å². The molecular formula is C26H22ClN3O4. The Balaban J connectivity index is 1.75. The largest absolute Gasteiger partial charge is 0.508 e. The molecule has 0 aliphatic carbocycles. The summed E-state index contributed by atoms with van der Waals surface area (Å²) in [4.78, 5) is 23.3. The molecule has 4 aromatic rings. The molecule has 0 atom stereocenters. The fourth-order valence-electron chi connectivity index (χ4n) is 3.55. The third-order valence-corrected chi connectivity index (χ3v) is 5.55. The third kappa shape index (κ3) is 4.79. The Morgan fingerprint density at radius 3 is 2.41 bits per heavy atom. The number of hydrogen-bond donors (Lipinski definition) is 2. The van der Waals surface area contributed by atoms with Crippen LogP contribution in [0.2, 0.25) is 5.28 Å². The van der Waals surface area contributed by atoms with Gasteiger partial charge in [0.1, 0.15) is 17.2 Å². The molecule has 0 bridgehead atoms. The highest BCUT2D eigenvalue weighted by atomic mass is 35.5. The predicted molar refractivity (Wildman–Crippen MR) is 130 cm³/mol. The molecule has 3 aromatic carbocycles. The summed E-state index contributed by atoms with van der Waals surface area (Å²) >= 11 is 5.97. The van der Waals surface area contributed by atoms with Crippen LogP contribution in [0.5, 0.6) is 17.2 Å². The van der Waals surface area contributed by atoms with Crippen molar-refractivity contribution in [2.75, 3.05) is 12.0 Å². The number of halogens is 1. The molecular weight excluding hydrogens is 454 g/mol. The van der Waals surface area contributed by atoms with E-state index in [2.05, 4.69) is 9.97 Å². The Morgan fingerprint density at radius 1 is 1.03 bits per heavy atom. The highest BCUT2D eigenvalue weighted by Crippen LogP contribution is 2.32. The van der Waals surface area contributed by atoms with E-state index in [0.29, 0.717) is 22.7 Å². The number of benzene rings is 3. The fraction of sp³-hybridized carbons (Fsp3) is 0.115. The first-order chi connectivity index (χ1) is 16.4. The van der Waals surface area contributed by atoms with Crippen molar-refractivity contribution in [3.63, 3.8) is 0 Å². The molecule has 0 fully saturated rings. The van der Waals surface area contributed by atoms with E-state index in [1.54, 1.807) is 24.0 Å². The van der Waals surface area contributed by atoms with Crippen LogP contribution in [-0.2, 0) is 6.54 Å². The Bertz CT molecular complexity index is 1330. The van der Waals surface area contributed by atoms with Gasteiger partial charge in [-0.1, -0.05) is 42.5 Å². The molecule has 0 spiro atoms. The molecule has 4 rings (SSSR count). The van der Waals surface area contributed by atoms with Crippen LogP contribution < -0.4 is 9.64 Å². The van der Waals surface area contributed by atoms with Gasteiger partial charge in [0.25, 0.3) is 5.91 Å². The molecule has 8 heteroatoms. The average molecular weight is 476 g/mol. The first-order valence-corrected chi connectivity index (χ1v) is 10.8. The lowest BCUT2D eigenvalue weighted by Gasteiger charge is -2.24. The Hall–Kier alpha value is -4.10. The zero-order chi connectivity index (χ0) is 24.2. The number of amides is 1. The maximum absolute atomic E-state index is 13.6. The number of carbonyl (C=O) groups is 1. The van der Waals surface area contributed by atoms with Crippen LogP contribution in [0.4, 0.5) is 5.69 Å². The van der Waals surface area contributed by atoms with Gasteiger partial charge in [0.05, 0.1) is 25.4 Å². The molecule has 0 aliphatic heterocycles. The van der Waals surface area contributed by atoms with Crippen molar-refractivity contribution < 1.29 is 19.7 Å². The van der Waals surface area contributed by atoms with Gasteiger partial charge >= 0.3 is 0 Å². The summed E-state index contributed by atoms with van der Waals surface area (Å²) < 4.78 is 5.35. The minimum absolute atomic E-state index is 0.0783. The zero-order valence-electron chi connectivity index (χ0n) is 18.6. The second-order valence-corrected chi connectivity index (χ2v) is 7.97. The number of anilines is 1. The molecule has 0 radical (unpaired) electrons. The van der Waals surface area contributed by atoms with Gasteiger partial charge in [-0.05, 0) is 47.9 Å². The van der Waals surface area contributed by atoms with E-state index in [1.807, 2.05) is 42.5 Å². The van der Waals surface area contributed by atoms with Crippen molar-refractivity contribution in [1.82, 2.24) is 9.97 Å². The second-order valence-electron chi connectivity index (χ2n) is 7.64. The number of aromatic nitrogens is 2. The second kappa shape index (κ2) is 9.80. The molecule has 1 heterocycles. The first kappa shape index (κ1) is 23.1. The average Bonchev–Trinajstić information content (AvgIpc) is 2.85. The number of aromatic hydroxyl groups is 2. The summed E-state index contributed by atoms with van der Waals surface area (Å²) in [6, 6.07) is 19.4. The van der Waals surface area contributed by atoms with E-state index in [-0.39, 0.29) is 28.9 Å². The van der Waals surface area contributed by atoms with Gasteiger partial charge in [0.2, 0.25) is 5.28 Å². The Labute approximate surface area is 201 Å². The lowest BCUT2D eigenvalue weighted by atomic mass is 10.1. The van der Waals surface area contributed by atoms with Crippen LogP contribution in [0.25, 0.3) is 11.3 Å². The third-order valence-electron chi connectivity index (χ3n) is 5.37. The highest BCUT2D eigenvalue weighted by Gasteiger charge is 2.23. The van der Waals surface area contributed by atoms with E-state index < -0.39 is 5.91 Å². The number of ether oxygens (including phenoxy) is 1. The van der Waals surface area contributed by atoms with Crippen LogP contribution in [0.3, 0.4) is 0 Å². The number of aryl methyl sites for hydroxylation is 1. The van der Waals surface area contributed by atoms with Gasteiger partial charge in [0, 0.05) is 17.3 Å². The van der Waals surface area contributed by atoms with Crippen LogP contribution in [0.1, 0.15) is 21.5 Å². The zero-order valence-corrected chi connectivity index (χ0v) is 19.3. The van der Waals surface area contributed by atoms with Crippen molar-refractivity contribution in [1.29, 1.82) is 0 Å². The van der Waals surface area contributed by atoms with Gasteiger partial charge in [-0.3, -0.25) is 4.79 Å². The summed E-state index contributed by atoms with van der Waals surface area (Å²) in [6.45, 7) is 1.95. The Morgan fingerprint density at radius 2 is 1.74 bits per heavy atom. The molecule has 172 valence electrons. The maximum Gasteiger partial charge on any atom is 0.262 e. The number of nitrogens with zero attached hydrogens (tertiary/aromatic N) is 3. The van der Waals surface area contributed by atoms with Gasteiger partial charge in [0.15, 0.2) is 5.75 Å². The lowest BCUT2D eigenvalue weighted by molar-refractivity contribution is 0.0982. The van der Waals surface area contributed by atoms with Gasteiger partial charge in [-0.2, -0.15) is 0 Å². The van der Waals surface area contributed by atoms with Crippen molar-refractivity contribution in [3.05, 3.63) is 94.9 Å². The number of phenols is 2. The molecule has 7 nitrogen and oxygen atoms in total. The smallest absolute Gasteiger partial charge is 0.262 e.